The van der Waals surface area contributed by atoms with Gasteiger partial charge in [-0.15, -0.1) is 0 Å². The normalized spacial score (nSPS) is 16.2. The van der Waals surface area contributed by atoms with E-state index in [0.29, 0.717) is 0 Å². The highest BCUT2D eigenvalue weighted by Crippen LogP contribution is 2.05. The lowest BCUT2D eigenvalue weighted by atomic mass is 10.1. The number of rotatable bonds is 8. The van der Waals surface area contributed by atoms with E-state index >= 15 is 0 Å². The van der Waals surface area contributed by atoms with Gasteiger partial charge in [-0.2, -0.15) is 0 Å². The first kappa shape index (κ1) is 19.1. The van der Waals surface area contributed by atoms with Crippen LogP contribution < -0.4 is 10.6 Å². The summed E-state index contributed by atoms with van der Waals surface area (Å²) in [4.78, 5) is 2.40. The lowest BCUT2D eigenvalue weighted by Crippen LogP contribution is -2.43. The zero-order chi connectivity index (χ0) is 16.2. The molecule has 1 aliphatic rings. The Bertz CT molecular complexity index is 383. The van der Waals surface area contributed by atoms with Crippen LogP contribution in [0, 0.1) is 0 Å². The minimum atomic E-state index is 0.738. The van der Waals surface area contributed by atoms with Gasteiger partial charge in [-0.1, -0.05) is 23.3 Å². The fourth-order valence-electron chi connectivity index (χ4n) is 2.22. The molecule has 0 atom stereocenters. The molecule has 0 unspecified atom stereocenters. The van der Waals surface area contributed by atoms with Gasteiger partial charge in [0.2, 0.25) is 0 Å². The van der Waals surface area contributed by atoms with Crippen LogP contribution >= 0.6 is 12.2 Å². The fourth-order valence-corrected chi connectivity index (χ4v) is 2.41. The number of ether oxygens (including phenoxy) is 1. The van der Waals surface area contributed by atoms with Crippen molar-refractivity contribution in [3.63, 3.8) is 0 Å². The van der Waals surface area contributed by atoms with Crippen molar-refractivity contribution in [2.75, 3.05) is 45.9 Å². The van der Waals surface area contributed by atoms with Gasteiger partial charge in [-0.3, -0.25) is 4.90 Å². The number of allylic oxidation sites excluding steroid dienone is 3. The van der Waals surface area contributed by atoms with Gasteiger partial charge < -0.3 is 15.4 Å². The highest BCUT2D eigenvalue weighted by atomic mass is 32.1. The molecule has 1 aliphatic heterocycles. The number of hydrogen-bond donors (Lipinski definition) is 2. The minimum absolute atomic E-state index is 0.738. The third-order valence-corrected chi connectivity index (χ3v) is 3.91. The molecule has 22 heavy (non-hydrogen) atoms. The monoisotopic (exact) mass is 325 g/mol. The van der Waals surface area contributed by atoms with Crippen LogP contribution in [0.2, 0.25) is 0 Å². The first-order chi connectivity index (χ1) is 10.6. The Hall–Kier alpha value is -0.910. The molecule has 1 rings (SSSR count). The van der Waals surface area contributed by atoms with E-state index in [-0.39, 0.29) is 0 Å². The van der Waals surface area contributed by atoms with Crippen molar-refractivity contribution in [1.29, 1.82) is 0 Å². The molecule has 4 nitrogen and oxygen atoms in total. The molecular formula is C17H31N3OS. The van der Waals surface area contributed by atoms with Crippen molar-refractivity contribution in [3.8, 4) is 0 Å². The number of nitrogens with zero attached hydrogens (tertiary/aromatic N) is 1. The van der Waals surface area contributed by atoms with Crippen molar-refractivity contribution >= 4 is 17.3 Å². The Morgan fingerprint density at radius 2 is 1.86 bits per heavy atom. The van der Waals surface area contributed by atoms with Crippen molar-refractivity contribution in [2.45, 2.75) is 33.6 Å². The molecule has 0 aliphatic carbocycles. The zero-order valence-corrected chi connectivity index (χ0v) is 15.1. The van der Waals surface area contributed by atoms with Crippen LogP contribution in [0.1, 0.15) is 33.6 Å². The average Bonchev–Trinajstić information content (AvgIpc) is 2.48. The quantitative estimate of drug-likeness (QED) is 0.530. The van der Waals surface area contributed by atoms with Gasteiger partial charge in [-0.25, -0.2) is 0 Å². The Kier molecular flexibility index (Phi) is 10.1. The second-order valence-electron chi connectivity index (χ2n) is 5.96. The van der Waals surface area contributed by atoms with Crippen LogP contribution in [0.4, 0.5) is 0 Å². The van der Waals surface area contributed by atoms with Crippen LogP contribution in [0.3, 0.4) is 0 Å². The van der Waals surface area contributed by atoms with Crippen LogP contribution in [-0.2, 0) is 4.74 Å². The molecule has 126 valence electrons. The number of thiocarbonyl (C=S) groups is 1. The maximum atomic E-state index is 5.33. The molecule has 0 saturated carbocycles. The zero-order valence-electron chi connectivity index (χ0n) is 14.3. The first-order valence-corrected chi connectivity index (χ1v) is 8.59. The maximum absolute atomic E-state index is 5.33. The summed E-state index contributed by atoms with van der Waals surface area (Å²) < 4.78 is 5.33. The maximum Gasteiger partial charge on any atom is 0.166 e. The highest BCUT2D eigenvalue weighted by Gasteiger charge is 2.09. The molecule has 0 bridgehead atoms. The van der Waals surface area contributed by atoms with E-state index in [1.807, 2.05) is 0 Å². The van der Waals surface area contributed by atoms with E-state index < -0.39 is 0 Å². The molecule has 2 N–H and O–H groups in total. The summed E-state index contributed by atoms with van der Waals surface area (Å²) in [7, 11) is 0. The predicted molar refractivity (Wildman–Crippen MR) is 98.3 cm³/mol. The van der Waals surface area contributed by atoms with E-state index in [1.54, 1.807) is 0 Å². The molecule has 0 spiro atoms. The molecule has 0 aromatic heterocycles. The summed E-state index contributed by atoms with van der Waals surface area (Å²) >= 11 is 5.29. The number of morpholine rings is 1. The summed E-state index contributed by atoms with van der Waals surface area (Å²) in [5.74, 6) is 0. The standard InChI is InChI=1S/C17H31N3OS/c1-15(2)5-4-6-16(3)7-8-18-17(22)19-9-10-20-11-13-21-14-12-20/h5,7H,4,6,8-14H2,1-3H3,(H2,18,19,22)/b16-7+. The molecular weight excluding hydrogens is 294 g/mol. The van der Waals surface area contributed by atoms with Crippen LogP contribution in [0.25, 0.3) is 0 Å². The lowest BCUT2D eigenvalue weighted by Gasteiger charge is -2.26. The molecule has 0 radical (unpaired) electrons. The molecule has 0 amide bonds. The van der Waals surface area contributed by atoms with Crippen molar-refractivity contribution < 1.29 is 4.74 Å². The highest BCUT2D eigenvalue weighted by molar-refractivity contribution is 7.80. The third-order valence-electron chi connectivity index (χ3n) is 3.62. The summed E-state index contributed by atoms with van der Waals surface area (Å²) in [5.41, 5.74) is 2.79. The molecule has 0 aromatic rings. The van der Waals surface area contributed by atoms with E-state index in [9.17, 15) is 0 Å². The van der Waals surface area contributed by atoms with E-state index in [4.69, 9.17) is 17.0 Å². The Labute approximate surface area is 141 Å². The molecule has 1 heterocycles. The SMILES string of the molecule is CC(C)=CCC/C(C)=C/CNC(=S)NCCN1CCOCC1. The Morgan fingerprint density at radius 3 is 2.55 bits per heavy atom. The van der Waals surface area contributed by atoms with E-state index in [1.165, 1.54) is 11.1 Å². The summed E-state index contributed by atoms with van der Waals surface area (Å²) in [6.45, 7) is 12.9. The van der Waals surface area contributed by atoms with Gasteiger partial charge >= 0.3 is 0 Å². The van der Waals surface area contributed by atoms with E-state index in [2.05, 4.69) is 48.5 Å². The largest absolute Gasteiger partial charge is 0.379 e. The van der Waals surface area contributed by atoms with Crippen molar-refractivity contribution in [3.05, 3.63) is 23.3 Å². The topological polar surface area (TPSA) is 36.5 Å². The molecule has 1 saturated heterocycles. The van der Waals surface area contributed by atoms with Crippen LogP contribution in [0.5, 0.6) is 0 Å². The van der Waals surface area contributed by atoms with E-state index in [0.717, 1.165) is 63.9 Å². The molecule has 5 heteroatoms. The van der Waals surface area contributed by atoms with Gasteiger partial charge in [0.1, 0.15) is 0 Å². The average molecular weight is 326 g/mol. The molecule has 0 aromatic carbocycles. The smallest absolute Gasteiger partial charge is 0.166 e. The lowest BCUT2D eigenvalue weighted by molar-refractivity contribution is 0.0389. The number of nitrogens with one attached hydrogen (secondary N) is 2. The predicted octanol–water partition coefficient (Wildman–Crippen LogP) is 2.48. The first-order valence-electron chi connectivity index (χ1n) is 8.18. The van der Waals surface area contributed by atoms with Gasteiger partial charge in [-0.05, 0) is 45.8 Å². The third kappa shape index (κ3) is 9.92. The van der Waals surface area contributed by atoms with Gasteiger partial charge in [0.25, 0.3) is 0 Å². The Balaban J connectivity index is 2.05. The van der Waals surface area contributed by atoms with Crippen LogP contribution in [0.15, 0.2) is 23.3 Å². The number of hydrogen-bond acceptors (Lipinski definition) is 3. The fraction of sp³-hybridized carbons (Fsp3) is 0.706. The summed E-state index contributed by atoms with van der Waals surface area (Å²) in [6, 6.07) is 0. The molecule has 1 fully saturated rings. The van der Waals surface area contributed by atoms with Gasteiger partial charge in [0.05, 0.1) is 13.2 Å². The second-order valence-corrected chi connectivity index (χ2v) is 6.37. The van der Waals surface area contributed by atoms with Crippen LogP contribution in [-0.4, -0.2) is 55.9 Å². The minimum Gasteiger partial charge on any atom is -0.379 e. The summed E-state index contributed by atoms with van der Waals surface area (Å²) in [5, 5.41) is 7.23. The Morgan fingerprint density at radius 1 is 1.14 bits per heavy atom. The van der Waals surface area contributed by atoms with Crippen molar-refractivity contribution in [1.82, 2.24) is 15.5 Å². The summed E-state index contributed by atoms with van der Waals surface area (Å²) in [6.07, 6.45) is 6.73. The van der Waals surface area contributed by atoms with Crippen molar-refractivity contribution in [2.24, 2.45) is 0 Å². The van der Waals surface area contributed by atoms with Gasteiger partial charge in [0.15, 0.2) is 5.11 Å². The van der Waals surface area contributed by atoms with Gasteiger partial charge in [0, 0.05) is 32.7 Å². The second kappa shape index (κ2) is 11.6.